The third-order valence-corrected chi connectivity index (χ3v) is 2.43. The van der Waals surface area contributed by atoms with Crippen molar-refractivity contribution in [2.24, 2.45) is 0 Å². The van der Waals surface area contributed by atoms with Crippen LogP contribution in [-0.2, 0) is 0 Å². The molecule has 0 aliphatic carbocycles. The number of carbonyl (C=O) groups is 1. The second kappa shape index (κ2) is 4.75. The van der Waals surface area contributed by atoms with Crippen LogP contribution in [-0.4, -0.2) is 11.4 Å². The van der Waals surface area contributed by atoms with E-state index in [1.807, 2.05) is 6.07 Å². The lowest BCUT2D eigenvalue weighted by atomic mass is 10.0. The standard InChI is InChI=1S/C12H13FN2O/c1-3-12(2,8-14)15-11(16)9-5-4-6-10(13)7-9/h4-7H,3H2,1-2H3,(H,15,16). The molecule has 0 aliphatic rings. The van der Waals surface area contributed by atoms with Gasteiger partial charge in [0.15, 0.2) is 0 Å². The Hall–Kier alpha value is -1.89. The van der Waals surface area contributed by atoms with Crippen molar-refractivity contribution in [3.05, 3.63) is 35.6 Å². The van der Waals surface area contributed by atoms with Gasteiger partial charge in [0.25, 0.3) is 5.91 Å². The Bertz CT molecular complexity index is 439. The monoisotopic (exact) mass is 220 g/mol. The van der Waals surface area contributed by atoms with Crippen molar-refractivity contribution in [2.75, 3.05) is 0 Å². The third-order valence-electron chi connectivity index (χ3n) is 2.43. The summed E-state index contributed by atoms with van der Waals surface area (Å²) >= 11 is 0. The SMILES string of the molecule is CCC(C)(C#N)NC(=O)c1cccc(F)c1. The molecule has 16 heavy (non-hydrogen) atoms. The number of nitrogens with zero attached hydrogens (tertiary/aromatic N) is 1. The maximum atomic E-state index is 12.9. The van der Waals surface area contributed by atoms with E-state index in [1.54, 1.807) is 13.8 Å². The van der Waals surface area contributed by atoms with Gasteiger partial charge in [-0.3, -0.25) is 4.79 Å². The first-order chi connectivity index (χ1) is 7.50. The highest BCUT2D eigenvalue weighted by atomic mass is 19.1. The van der Waals surface area contributed by atoms with Gasteiger partial charge in [-0.05, 0) is 31.5 Å². The van der Waals surface area contributed by atoms with Gasteiger partial charge >= 0.3 is 0 Å². The molecule has 84 valence electrons. The maximum absolute atomic E-state index is 12.9. The van der Waals surface area contributed by atoms with Gasteiger partial charge in [0.2, 0.25) is 0 Å². The molecular formula is C12H13FN2O. The molecule has 0 bridgehead atoms. The zero-order chi connectivity index (χ0) is 12.2. The van der Waals surface area contributed by atoms with Crippen LogP contribution in [0.15, 0.2) is 24.3 Å². The number of hydrogen-bond acceptors (Lipinski definition) is 2. The summed E-state index contributed by atoms with van der Waals surface area (Å²) in [6.07, 6.45) is 0.491. The van der Waals surface area contributed by atoms with Crippen LogP contribution < -0.4 is 5.32 Å². The Balaban J connectivity index is 2.85. The van der Waals surface area contributed by atoms with Gasteiger partial charge in [0.05, 0.1) is 6.07 Å². The topological polar surface area (TPSA) is 52.9 Å². The lowest BCUT2D eigenvalue weighted by Gasteiger charge is -2.21. The van der Waals surface area contributed by atoms with Crippen LogP contribution in [0, 0.1) is 17.1 Å². The Morgan fingerprint density at radius 3 is 2.81 bits per heavy atom. The molecular weight excluding hydrogens is 207 g/mol. The molecule has 0 saturated heterocycles. The second-order valence-corrected chi connectivity index (χ2v) is 3.76. The van der Waals surface area contributed by atoms with E-state index in [-0.39, 0.29) is 5.56 Å². The van der Waals surface area contributed by atoms with Gasteiger partial charge in [0.1, 0.15) is 11.4 Å². The van der Waals surface area contributed by atoms with Crippen molar-refractivity contribution in [3.63, 3.8) is 0 Å². The summed E-state index contributed by atoms with van der Waals surface area (Å²) in [7, 11) is 0. The van der Waals surface area contributed by atoms with Crippen LogP contribution in [0.2, 0.25) is 0 Å². The fourth-order valence-corrected chi connectivity index (χ4v) is 1.15. The molecule has 0 spiro atoms. The summed E-state index contributed by atoms with van der Waals surface area (Å²) < 4.78 is 12.9. The van der Waals surface area contributed by atoms with Gasteiger partial charge in [-0.25, -0.2) is 4.39 Å². The number of halogens is 1. The second-order valence-electron chi connectivity index (χ2n) is 3.76. The van der Waals surface area contributed by atoms with Gasteiger partial charge in [-0.2, -0.15) is 5.26 Å². The van der Waals surface area contributed by atoms with Crippen molar-refractivity contribution in [2.45, 2.75) is 25.8 Å². The Morgan fingerprint density at radius 1 is 1.62 bits per heavy atom. The minimum Gasteiger partial charge on any atom is -0.334 e. The zero-order valence-corrected chi connectivity index (χ0v) is 9.25. The highest BCUT2D eigenvalue weighted by Gasteiger charge is 2.24. The van der Waals surface area contributed by atoms with E-state index in [4.69, 9.17) is 5.26 Å². The molecule has 1 unspecified atom stereocenters. The first-order valence-corrected chi connectivity index (χ1v) is 5.00. The maximum Gasteiger partial charge on any atom is 0.252 e. The molecule has 0 aliphatic heterocycles. The zero-order valence-electron chi connectivity index (χ0n) is 9.25. The van der Waals surface area contributed by atoms with Gasteiger partial charge < -0.3 is 5.32 Å². The predicted octanol–water partition coefficient (Wildman–Crippen LogP) is 2.25. The Morgan fingerprint density at radius 2 is 2.31 bits per heavy atom. The van der Waals surface area contributed by atoms with Crippen molar-refractivity contribution < 1.29 is 9.18 Å². The van der Waals surface area contributed by atoms with Crippen molar-refractivity contribution in [1.29, 1.82) is 5.26 Å². The lowest BCUT2D eigenvalue weighted by Crippen LogP contribution is -2.44. The lowest BCUT2D eigenvalue weighted by molar-refractivity contribution is 0.0922. The predicted molar refractivity (Wildman–Crippen MR) is 58.2 cm³/mol. The summed E-state index contributed by atoms with van der Waals surface area (Å²) in [5.74, 6) is -0.909. The summed E-state index contributed by atoms with van der Waals surface area (Å²) in [5.41, 5.74) is -0.696. The van der Waals surface area contributed by atoms with E-state index in [2.05, 4.69) is 5.32 Å². The minimum atomic E-state index is -0.913. The van der Waals surface area contributed by atoms with Crippen LogP contribution in [0.5, 0.6) is 0 Å². The van der Waals surface area contributed by atoms with Gasteiger partial charge in [-0.15, -0.1) is 0 Å². The van der Waals surface area contributed by atoms with E-state index >= 15 is 0 Å². The van der Waals surface area contributed by atoms with Crippen molar-refractivity contribution in [3.8, 4) is 6.07 Å². The molecule has 1 N–H and O–H groups in total. The van der Waals surface area contributed by atoms with Crippen LogP contribution in [0.4, 0.5) is 4.39 Å². The van der Waals surface area contributed by atoms with E-state index in [9.17, 15) is 9.18 Å². The fraction of sp³-hybridized carbons (Fsp3) is 0.333. The average Bonchev–Trinajstić information content (AvgIpc) is 2.29. The smallest absolute Gasteiger partial charge is 0.252 e. The molecule has 1 amide bonds. The molecule has 0 saturated carbocycles. The van der Waals surface area contributed by atoms with Gasteiger partial charge in [-0.1, -0.05) is 13.0 Å². The van der Waals surface area contributed by atoms with Crippen molar-refractivity contribution in [1.82, 2.24) is 5.32 Å². The average molecular weight is 220 g/mol. The largest absolute Gasteiger partial charge is 0.334 e. The first-order valence-electron chi connectivity index (χ1n) is 5.00. The molecule has 0 aromatic heterocycles. The van der Waals surface area contributed by atoms with E-state index < -0.39 is 17.3 Å². The molecule has 4 heteroatoms. The highest BCUT2D eigenvalue weighted by molar-refractivity contribution is 5.94. The molecule has 3 nitrogen and oxygen atoms in total. The quantitative estimate of drug-likeness (QED) is 0.849. The van der Waals surface area contributed by atoms with E-state index in [0.29, 0.717) is 6.42 Å². The molecule has 1 aromatic carbocycles. The molecule has 0 radical (unpaired) electrons. The third kappa shape index (κ3) is 2.80. The normalized spacial score (nSPS) is 13.6. The van der Waals surface area contributed by atoms with E-state index in [0.717, 1.165) is 6.07 Å². The summed E-state index contributed by atoms with van der Waals surface area (Å²) in [5, 5.41) is 11.5. The summed E-state index contributed by atoms with van der Waals surface area (Å²) in [6, 6.07) is 7.39. The number of rotatable bonds is 3. The summed E-state index contributed by atoms with van der Waals surface area (Å²) in [4.78, 5) is 11.7. The highest BCUT2D eigenvalue weighted by Crippen LogP contribution is 2.10. The Kier molecular flexibility index (Phi) is 3.62. The number of benzene rings is 1. The van der Waals surface area contributed by atoms with Gasteiger partial charge in [0, 0.05) is 5.56 Å². The number of carbonyl (C=O) groups excluding carboxylic acids is 1. The first kappa shape index (κ1) is 12.2. The fourth-order valence-electron chi connectivity index (χ4n) is 1.15. The van der Waals surface area contributed by atoms with Crippen LogP contribution in [0.25, 0.3) is 0 Å². The number of nitriles is 1. The number of hydrogen-bond donors (Lipinski definition) is 1. The number of nitrogens with one attached hydrogen (secondary N) is 1. The van der Waals surface area contributed by atoms with E-state index in [1.165, 1.54) is 18.2 Å². The van der Waals surface area contributed by atoms with Crippen molar-refractivity contribution >= 4 is 5.91 Å². The van der Waals surface area contributed by atoms with Crippen LogP contribution in [0.1, 0.15) is 30.6 Å². The molecule has 1 atom stereocenters. The Labute approximate surface area is 93.9 Å². The molecule has 1 aromatic rings. The molecule has 0 heterocycles. The van der Waals surface area contributed by atoms with Crippen LogP contribution >= 0.6 is 0 Å². The molecule has 1 rings (SSSR count). The number of amides is 1. The minimum absolute atomic E-state index is 0.218. The summed E-state index contributed by atoms with van der Waals surface area (Å²) in [6.45, 7) is 3.43. The van der Waals surface area contributed by atoms with Crippen LogP contribution in [0.3, 0.4) is 0 Å². The molecule has 0 fully saturated rings.